The standard InChI is InChI=1S/C33H54O7/c1-19(36)40-27-26(38)28(2,3)15-21-20-9-10-23-29(4)13-12-25(39-8)30(5,17-34)22(29)11-14-31(23,6)32(20,7)16-24(37)33(21,27)18-35/h9,21-27,34-35,37-38H,10-18H2,1-8H3/t21?,22?,23?,24-,25?,26?,27+,29?,30-,31?,32-,33?/m1/s1. The molecule has 12 atom stereocenters. The smallest absolute Gasteiger partial charge is 0.303 e. The Bertz CT molecular complexity index is 1060. The van der Waals surface area contributed by atoms with Crippen LogP contribution in [0.5, 0.6) is 0 Å². The maximum absolute atomic E-state index is 12.2. The van der Waals surface area contributed by atoms with Crippen LogP contribution < -0.4 is 0 Å². The average molecular weight is 563 g/mol. The molecule has 7 heteroatoms. The fourth-order valence-electron chi connectivity index (χ4n) is 11.6. The van der Waals surface area contributed by atoms with E-state index < -0.39 is 35.1 Å². The van der Waals surface area contributed by atoms with E-state index in [1.807, 2.05) is 13.8 Å². The third-order valence-electron chi connectivity index (χ3n) is 14.0. The van der Waals surface area contributed by atoms with Crippen molar-refractivity contribution in [1.82, 2.24) is 0 Å². The molecule has 40 heavy (non-hydrogen) atoms. The predicted octanol–water partition coefficient (Wildman–Crippen LogP) is 4.25. The molecule has 7 nitrogen and oxygen atoms in total. The second kappa shape index (κ2) is 9.51. The van der Waals surface area contributed by atoms with Crippen molar-refractivity contribution in [1.29, 1.82) is 0 Å². The molecule has 5 aliphatic rings. The maximum Gasteiger partial charge on any atom is 0.303 e. The van der Waals surface area contributed by atoms with Crippen molar-refractivity contribution in [3.8, 4) is 0 Å². The summed E-state index contributed by atoms with van der Waals surface area (Å²) in [6, 6.07) is 0. The summed E-state index contributed by atoms with van der Waals surface area (Å²) < 4.78 is 11.7. The molecule has 0 radical (unpaired) electrons. The maximum atomic E-state index is 12.2. The van der Waals surface area contributed by atoms with Crippen LogP contribution in [0.2, 0.25) is 0 Å². The Morgan fingerprint density at radius 1 is 0.975 bits per heavy atom. The van der Waals surface area contributed by atoms with Gasteiger partial charge in [0, 0.05) is 19.4 Å². The largest absolute Gasteiger partial charge is 0.459 e. The molecule has 8 unspecified atom stereocenters. The number of hydrogen-bond acceptors (Lipinski definition) is 7. The Labute approximate surface area is 240 Å². The van der Waals surface area contributed by atoms with Gasteiger partial charge in [0.25, 0.3) is 0 Å². The molecule has 0 aliphatic heterocycles. The summed E-state index contributed by atoms with van der Waals surface area (Å²) in [4.78, 5) is 12.2. The van der Waals surface area contributed by atoms with Gasteiger partial charge in [-0.2, -0.15) is 0 Å². The molecule has 0 amide bonds. The number of ether oxygens (including phenoxy) is 2. The average Bonchev–Trinajstić information content (AvgIpc) is 2.87. The monoisotopic (exact) mass is 562 g/mol. The molecule has 5 rings (SSSR count). The predicted molar refractivity (Wildman–Crippen MR) is 152 cm³/mol. The number of rotatable bonds is 4. The molecule has 5 aliphatic carbocycles. The molecule has 0 aromatic carbocycles. The van der Waals surface area contributed by atoms with Crippen LogP contribution in [-0.4, -0.2) is 71.1 Å². The number of hydrogen-bond donors (Lipinski definition) is 4. The highest BCUT2D eigenvalue weighted by Crippen LogP contribution is 2.75. The molecule has 4 N–H and O–H groups in total. The lowest BCUT2D eigenvalue weighted by molar-refractivity contribution is -0.264. The third-order valence-corrected chi connectivity index (χ3v) is 14.0. The van der Waals surface area contributed by atoms with E-state index >= 15 is 0 Å². The van der Waals surface area contributed by atoms with Gasteiger partial charge < -0.3 is 29.9 Å². The van der Waals surface area contributed by atoms with Crippen molar-refractivity contribution in [3.05, 3.63) is 11.6 Å². The van der Waals surface area contributed by atoms with Gasteiger partial charge in [-0.15, -0.1) is 0 Å². The van der Waals surface area contributed by atoms with Crippen molar-refractivity contribution in [2.24, 2.45) is 50.2 Å². The summed E-state index contributed by atoms with van der Waals surface area (Å²) in [6.07, 6.45) is 5.44. The molecule has 0 aromatic rings. The van der Waals surface area contributed by atoms with Gasteiger partial charge in [0.15, 0.2) is 0 Å². The summed E-state index contributed by atoms with van der Waals surface area (Å²) in [5, 5.41) is 45.2. The molecule has 0 spiro atoms. The van der Waals surface area contributed by atoms with Gasteiger partial charge in [-0.1, -0.05) is 53.2 Å². The van der Waals surface area contributed by atoms with E-state index in [0.717, 1.165) is 32.1 Å². The van der Waals surface area contributed by atoms with Crippen LogP contribution in [0.3, 0.4) is 0 Å². The van der Waals surface area contributed by atoms with Gasteiger partial charge >= 0.3 is 5.97 Å². The Kier molecular flexibility index (Phi) is 7.24. The highest BCUT2D eigenvalue weighted by molar-refractivity contribution is 5.66. The Morgan fingerprint density at radius 3 is 2.23 bits per heavy atom. The molecular weight excluding hydrogens is 508 g/mol. The zero-order valence-corrected chi connectivity index (χ0v) is 26.0. The van der Waals surface area contributed by atoms with E-state index in [-0.39, 0.29) is 46.9 Å². The van der Waals surface area contributed by atoms with Gasteiger partial charge in [0.1, 0.15) is 6.10 Å². The quantitative estimate of drug-likeness (QED) is 0.299. The third kappa shape index (κ3) is 3.63. The highest BCUT2D eigenvalue weighted by Gasteiger charge is 2.73. The normalized spacial score (nSPS) is 53.3. The van der Waals surface area contributed by atoms with Crippen molar-refractivity contribution in [2.45, 2.75) is 118 Å². The summed E-state index contributed by atoms with van der Waals surface area (Å²) >= 11 is 0. The van der Waals surface area contributed by atoms with E-state index in [0.29, 0.717) is 24.7 Å². The van der Waals surface area contributed by atoms with Gasteiger partial charge in [-0.25, -0.2) is 0 Å². The van der Waals surface area contributed by atoms with Crippen LogP contribution in [0.25, 0.3) is 0 Å². The molecule has 0 bridgehead atoms. The van der Waals surface area contributed by atoms with E-state index in [1.54, 1.807) is 7.11 Å². The Morgan fingerprint density at radius 2 is 1.65 bits per heavy atom. The fraction of sp³-hybridized carbons (Fsp3) is 0.909. The SMILES string of the molecule is COC1CCC2(C)C3CC=C4C5CC(C)(C)C(O)[C@H](OC(C)=O)C5(CO)[C@H](O)C[C@@]4(C)C3(C)CCC2[C@@]1(C)CO. The molecule has 0 aromatic heterocycles. The first kappa shape index (κ1) is 30.5. The number of allylic oxidation sites excluding steroid dienone is 2. The lowest BCUT2D eigenvalue weighted by atomic mass is 9.33. The Balaban J connectivity index is 1.63. The molecule has 0 heterocycles. The topological polar surface area (TPSA) is 116 Å². The summed E-state index contributed by atoms with van der Waals surface area (Å²) in [5.74, 6) is -0.0217. The van der Waals surface area contributed by atoms with Gasteiger partial charge in [-0.05, 0) is 84.4 Å². The lowest BCUT2D eigenvalue weighted by Gasteiger charge is -2.72. The van der Waals surface area contributed by atoms with Crippen molar-refractivity contribution in [3.63, 3.8) is 0 Å². The summed E-state index contributed by atoms with van der Waals surface area (Å²) in [7, 11) is 1.77. The van der Waals surface area contributed by atoms with Crippen molar-refractivity contribution >= 4 is 5.97 Å². The minimum Gasteiger partial charge on any atom is -0.459 e. The van der Waals surface area contributed by atoms with E-state index in [4.69, 9.17) is 9.47 Å². The van der Waals surface area contributed by atoms with Gasteiger partial charge in [0.05, 0.1) is 36.9 Å². The molecule has 4 saturated carbocycles. The Hall–Kier alpha value is -0.990. The second-order valence-corrected chi connectivity index (χ2v) is 15.9. The van der Waals surface area contributed by atoms with E-state index in [9.17, 15) is 25.2 Å². The number of carbonyl (C=O) groups is 1. The van der Waals surface area contributed by atoms with Crippen LogP contribution in [0.4, 0.5) is 0 Å². The van der Waals surface area contributed by atoms with Crippen molar-refractivity contribution in [2.75, 3.05) is 20.3 Å². The van der Waals surface area contributed by atoms with E-state index in [1.165, 1.54) is 12.5 Å². The minimum atomic E-state index is -1.15. The first-order chi connectivity index (χ1) is 18.5. The first-order valence-electron chi connectivity index (χ1n) is 15.5. The van der Waals surface area contributed by atoms with Gasteiger partial charge in [0.2, 0.25) is 0 Å². The summed E-state index contributed by atoms with van der Waals surface area (Å²) in [6.45, 7) is 14.5. The van der Waals surface area contributed by atoms with Crippen LogP contribution >= 0.6 is 0 Å². The molecule has 4 fully saturated rings. The zero-order chi connectivity index (χ0) is 29.7. The van der Waals surface area contributed by atoms with Crippen LogP contribution in [0.15, 0.2) is 11.6 Å². The number of fused-ring (bicyclic) bond motifs is 7. The second-order valence-electron chi connectivity index (χ2n) is 15.9. The lowest BCUT2D eigenvalue weighted by Crippen LogP contribution is -2.72. The number of aliphatic hydroxyl groups is 4. The molecule has 228 valence electrons. The number of carbonyl (C=O) groups excluding carboxylic acids is 1. The number of methoxy groups -OCH3 is 1. The molecular formula is C33H54O7. The summed E-state index contributed by atoms with van der Waals surface area (Å²) in [5.41, 5.74) is -1.15. The van der Waals surface area contributed by atoms with Crippen molar-refractivity contribution < 1.29 is 34.7 Å². The fourth-order valence-corrected chi connectivity index (χ4v) is 11.6. The van der Waals surface area contributed by atoms with Gasteiger partial charge in [-0.3, -0.25) is 4.79 Å². The highest BCUT2D eigenvalue weighted by atomic mass is 16.6. The number of esters is 1. The first-order valence-corrected chi connectivity index (χ1v) is 15.5. The van der Waals surface area contributed by atoms with E-state index in [2.05, 4.69) is 33.8 Å². The van der Waals surface area contributed by atoms with Crippen LogP contribution in [0.1, 0.15) is 93.4 Å². The minimum absolute atomic E-state index is 0.0172. The molecule has 0 saturated heterocycles. The zero-order valence-electron chi connectivity index (χ0n) is 26.0. The number of aliphatic hydroxyl groups excluding tert-OH is 4. The van der Waals surface area contributed by atoms with Crippen LogP contribution in [0, 0.1) is 50.2 Å². The van der Waals surface area contributed by atoms with Crippen LogP contribution in [-0.2, 0) is 14.3 Å².